The fourth-order valence-corrected chi connectivity index (χ4v) is 3.34. The summed E-state index contributed by atoms with van der Waals surface area (Å²) in [5.41, 5.74) is 0.991. The van der Waals surface area contributed by atoms with Crippen molar-refractivity contribution < 1.29 is 9.59 Å². The van der Waals surface area contributed by atoms with Gasteiger partial charge in [0.1, 0.15) is 5.82 Å². The van der Waals surface area contributed by atoms with Gasteiger partial charge in [0, 0.05) is 12.2 Å². The number of amides is 2. The first-order chi connectivity index (χ1) is 12.1. The van der Waals surface area contributed by atoms with Crippen molar-refractivity contribution in [3.05, 3.63) is 23.9 Å². The number of rotatable bonds is 2. The van der Waals surface area contributed by atoms with Gasteiger partial charge in [-0.1, -0.05) is 57.8 Å². The zero-order valence-electron chi connectivity index (χ0n) is 15.4. The third kappa shape index (κ3) is 7.67. The molecule has 0 aliphatic heterocycles. The largest absolute Gasteiger partial charge is 0.345 e. The summed E-state index contributed by atoms with van der Waals surface area (Å²) in [4.78, 5) is 28.4. The smallest absolute Gasteiger partial charge is 0.314 e. The van der Waals surface area contributed by atoms with Crippen molar-refractivity contribution in [3.63, 3.8) is 0 Å². The summed E-state index contributed by atoms with van der Waals surface area (Å²) in [6.45, 7) is 1.92. The molecule has 0 radical (unpaired) electrons. The van der Waals surface area contributed by atoms with Crippen LogP contribution in [0.3, 0.4) is 0 Å². The van der Waals surface area contributed by atoms with Crippen LogP contribution in [0.2, 0.25) is 0 Å². The molecule has 1 aliphatic carbocycles. The average molecular weight is 345 g/mol. The van der Waals surface area contributed by atoms with Crippen LogP contribution in [-0.2, 0) is 9.59 Å². The fourth-order valence-electron chi connectivity index (χ4n) is 3.34. The monoisotopic (exact) mass is 345 g/mol. The number of nitrogens with zero attached hydrogens (tertiary/aromatic N) is 1. The molecule has 2 rings (SSSR count). The number of aryl methyl sites for hydroxylation is 1. The van der Waals surface area contributed by atoms with Gasteiger partial charge in [0.15, 0.2) is 0 Å². The minimum Gasteiger partial charge on any atom is -0.345 e. The number of hydrogen-bond donors (Lipinski definition) is 2. The van der Waals surface area contributed by atoms with Crippen LogP contribution in [0.15, 0.2) is 18.3 Å². The van der Waals surface area contributed by atoms with Crippen LogP contribution in [0.4, 0.5) is 5.82 Å². The summed E-state index contributed by atoms with van der Waals surface area (Å²) in [6.07, 6.45) is 14.8. The molecule has 1 aromatic rings. The van der Waals surface area contributed by atoms with E-state index >= 15 is 0 Å². The van der Waals surface area contributed by atoms with Gasteiger partial charge in [-0.25, -0.2) is 4.98 Å². The summed E-state index contributed by atoms with van der Waals surface area (Å²) < 4.78 is 0. The number of carbonyl (C=O) groups excluding carboxylic acids is 2. The third-order valence-electron chi connectivity index (χ3n) is 4.80. The quantitative estimate of drug-likeness (QED) is 0.792. The van der Waals surface area contributed by atoms with Crippen molar-refractivity contribution in [3.8, 4) is 0 Å². The molecule has 0 atom stereocenters. The van der Waals surface area contributed by atoms with E-state index < -0.39 is 11.8 Å². The average Bonchev–Trinajstić information content (AvgIpc) is 2.57. The van der Waals surface area contributed by atoms with Gasteiger partial charge in [-0.05, 0) is 37.5 Å². The molecule has 25 heavy (non-hydrogen) atoms. The van der Waals surface area contributed by atoms with Crippen molar-refractivity contribution in [1.82, 2.24) is 10.3 Å². The maximum Gasteiger partial charge on any atom is 0.314 e. The summed E-state index contributed by atoms with van der Waals surface area (Å²) in [5.74, 6) is -0.775. The summed E-state index contributed by atoms with van der Waals surface area (Å²) in [7, 11) is 0. The molecule has 0 spiro atoms. The van der Waals surface area contributed by atoms with Gasteiger partial charge in [-0.3, -0.25) is 9.59 Å². The minimum atomic E-state index is -0.635. The molecule has 0 bridgehead atoms. The van der Waals surface area contributed by atoms with E-state index in [-0.39, 0.29) is 6.04 Å². The van der Waals surface area contributed by atoms with Gasteiger partial charge in [-0.15, -0.1) is 0 Å². The van der Waals surface area contributed by atoms with Crippen LogP contribution in [0.1, 0.15) is 76.2 Å². The maximum absolute atomic E-state index is 12.2. The first-order valence-electron chi connectivity index (χ1n) is 9.69. The second kappa shape index (κ2) is 10.9. The summed E-state index contributed by atoms with van der Waals surface area (Å²) >= 11 is 0. The molecule has 0 saturated heterocycles. The molecule has 1 heterocycles. The topological polar surface area (TPSA) is 71.1 Å². The molecule has 2 N–H and O–H groups in total. The van der Waals surface area contributed by atoms with Crippen molar-refractivity contribution in [1.29, 1.82) is 0 Å². The zero-order chi connectivity index (χ0) is 17.9. The number of hydrogen-bond acceptors (Lipinski definition) is 3. The van der Waals surface area contributed by atoms with Crippen LogP contribution in [0.5, 0.6) is 0 Å². The molecular weight excluding hydrogens is 314 g/mol. The lowest BCUT2D eigenvalue weighted by Gasteiger charge is -2.19. The van der Waals surface area contributed by atoms with Gasteiger partial charge < -0.3 is 10.6 Å². The van der Waals surface area contributed by atoms with Crippen molar-refractivity contribution in [2.75, 3.05) is 5.32 Å². The molecule has 1 aliphatic rings. The van der Waals surface area contributed by atoms with E-state index in [1.165, 1.54) is 44.9 Å². The van der Waals surface area contributed by atoms with E-state index in [4.69, 9.17) is 0 Å². The van der Waals surface area contributed by atoms with E-state index in [0.29, 0.717) is 5.82 Å². The van der Waals surface area contributed by atoms with Crippen LogP contribution < -0.4 is 10.6 Å². The SMILES string of the molecule is Cc1ccnc(NC(=O)C(=O)NC2CCCCCCCCCCC2)c1. The highest BCUT2D eigenvalue weighted by molar-refractivity contribution is 6.39. The number of carbonyl (C=O) groups is 2. The second-order valence-corrected chi connectivity index (χ2v) is 7.10. The molecule has 5 nitrogen and oxygen atoms in total. The van der Waals surface area contributed by atoms with Gasteiger partial charge in [0.2, 0.25) is 0 Å². The van der Waals surface area contributed by atoms with E-state index in [2.05, 4.69) is 15.6 Å². The van der Waals surface area contributed by atoms with Crippen LogP contribution >= 0.6 is 0 Å². The predicted molar refractivity (Wildman–Crippen MR) is 100 cm³/mol. The van der Waals surface area contributed by atoms with Crippen molar-refractivity contribution >= 4 is 17.6 Å². The number of nitrogens with one attached hydrogen (secondary N) is 2. The Bertz CT molecular complexity index is 548. The number of pyridine rings is 1. The Morgan fingerprint density at radius 2 is 1.48 bits per heavy atom. The first-order valence-corrected chi connectivity index (χ1v) is 9.69. The number of aromatic nitrogens is 1. The highest BCUT2D eigenvalue weighted by Gasteiger charge is 2.19. The summed E-state index contributed by atoms with van der Waals surface area (Å²) in [6, 6.07) is 3.70. The number of anilines is 1. The van der Waals surface area contributed by atoms with Crippen LogP contribution in [0, 0.1) is 6.92 Å². The highest BCUT2D eigenvalue weighted by Crippen LogP contribution is 2.17. The predicted octanol–water partition coefficient (Wildman–Crippen LogP) is 4.12. The van der Waals surface area contributed by atoms with Crippen molar-refractivity contribution in [2.24, 2.45) is 0 Å². The molecule has 2 amide bonds. The lowest BCUT2D eigenvalue weighted by Crippen LogP contribution is -2.42. The lowest BCUT2D eigenvalue weighted by atomic mass is 9.98. The van der Waals surface area contributed by atoms with E-state index in [9.17, 15) is 9.59 Å². The Morgan fingerprint density at radius 3 is 2.04 bits per heavy atom. The first kappa shape index (κ1) is 19.4. The Kier molecular flexibility index (Phi) is 8.43. The van der Waals surface area contributed by atoms with Crippen LogP contribution in [0.25, 0.3) is 0 Å². The molecule has 1 fully saturated rings. The Balaban J connectivity index is 1.83. The Hall–Kier alpha value is -1.91. The Labute approximate surface area is 151 Å². The van der Waals surface area contributed by atoms with E-state index in [1.807, 2.05) is 13.0 Å². The molecule has 138 valence electrons. The normalized spacial score (nSPS) is 17.8. The highest BCUT2D eigenvalue weighted by atomic mass is 16.2. The third-order valence-corrected chi connectivity index (χ3v) is 4.80. The van der Waals surface area contributed by atoms with Gasteiger partial charge >= 0.3 is 11.8 Å². The second-order valence-electron chi connectivity index (χ2n) is 7.10. The van der Waals surface area contributed by atoms with Crippen LogP contribution in [-0.4, -0.2) is 22.8 Å². The van der Waals surface area contributed by atoms with E-state index in [1.54, 1.807) is 12.3 Å². The van der Waals surface area contributed by atoms with E-state index in [0.717, 1.165) is 31.2 Å². The summed E-state index contributed by atoms with van der Waals surface area (Å²) in [5, 5.41) is 5.51. The van der Waals surface area contributed by atoms with Gasteiger partial charge in [0.05, 0.1) is 0 Å². The molecule has 1 saturated carbocycles. The zero-order valence-corrected chi connectivity index (χ0v) is 15.4. The van der Waals surface area contributed by atoms with Crippen molar-refractivity contribution in [2.45, 2.75) is 83.6 Å². The standard InChI is InChI=1S/C20H31N3O2/c1-16-13-14-21-18(15-16)23-20(25)19(24)22-17-11-9-7-5-3-2-4-6-8-10-12-17/h13-15,17H,2-12H2,1H3,(H,22,24)(H,21,23,25). The molecule has 1 aromatic heterocycles. The Morgan fingerprint density at radius 1 is 0.920 bits per heavy atom. The molecule has 0 aromatic carbocycles. The minimum absolute atomic E-state index is 0.100. The lowest BCUT2D eigenvalue weighted by molar-refractivity contribution is -0.136. The fraction of sp³-hybridized carbons (Fsp3) is 0.650. The van der Waals surface area contributed by atoms with Gasteiger partial charge in [0.25, 0.3) is 0 Å². The molecule has 5 heteroatoms. The molecular formula is C20H31N3O2. The maximum atomic E-state index is 12.2. The molecule has 0 unspecified atom stereocenters. The van der Waals surface area contributed by atoms with Gasteiger partial charge in [-0.2, -0.15) is 0 Å².